The summed E-state index contributed by atoms with van der Waals surface area (Å²) in [5, 5.41) is 1.78. The molecule has 0 aliphatic carbocycles. The Kier molecular flexibility index (Phi) is 7.50. The summed E-state index contributed by atoms with van der Waals surface area (Å²) >= 11 is 0. The van der Waals surface area contributed by atoms with E-state index in [0.29, 0.717) is 6.42 Å². The van der Waals surface area contributed by atoms with Crippen molar-refractivity contribution in [1.82, 2.24) is 5.32 Å². The lowest BCUT2D eigenvalue weighted by atomic mass is 10.1. The van der Waals surface area contributed by atoms with Gasteiger partial charge >= 0.3 is 12.1 Å². The maximum atomic E-state index is 10.9. The van der Waals surface area contributed by atoms with Crippen LogP contribution in [0.4, 0.5) is 9.59 Å². The summed E-state index contributed by atoms with van der Waals surface area (Å²) < 4.78 is 4.71. The van der Waals surface area contributed by atoms with Crippen molar-refractivity contribution in [3.8, 4) is 0 Å². The lowest BCUT2D eigenvalue weighted by Gasteiger charge is -2.11. The van der Waals surface area contributed by atoms with Crippen molar-refractivity contribution < 1.29 is 14.3 Å². The molecule has 0 fully saturated rings. The summed E-state index contributed by atoms with van der Waals surface area (Å²) in [6.07, 6.45) is -0.300. The van der Waals surface area contributed by atoms with Gasteiger partial charge in [0.2, 0.25) is 0 Å². The van der Waals surface area contributed by atoms with Gasteiger partial charge in [0.15, 0.2) is 0 Å². The van der Waals surface area contributed by atoms with Gasteiger partial charge in [0.1, 0.15) is 6.61 Å². The molecule has 0 saturated heterocycles. The fourth-order valence-electron chi connectivity index (χ4n) is 1.30. The van der Waals surface area contributed by atoms with E-state index in [2.05, 4.69) is 0 Å². The van der Waals surface area contributed by atoms with Crippen LogP contribution in [0.15, 0.2) is 30.3 Å². The molecule has 1 atom stereocenters. The minimum atomic E-state index is -0.952. The third-order valence-electron chi connectivity index (χ3n) is 1.99. The molecule has 100 valence electrons. The number of carbonyl (C=O) groups is 2. The highest BCUT2D eigenvalue weighted by Gasteiger charge is 2.09. The van der Waals surface area contributed by atoms with Crippen LogP contribution in [0, 0.1) is 0 Å². The number of halogens is 1. The molecule has 0 radical (unpaired) electrons. The number of hydrogen-bond donors (Lipinski definition) is 3. The first-order valence-corrected chi connectivity index (χ1v) is 5.10. The van der Waals surface area contributed by atoms with E-state index in [0.717, 1.165) is 5.56 Å². The van der Waals surface area contributed by atoms with Gasteiger partial charge in [-0.25, -0.2) is 14.9 Å². The Hall–Kier alpha value is -1.79. The van der Waals surface area contributed by atoms with Gasteiger partial charge in [-0.2, -0.15) is 0 Å². The van der Waals surface area contributed by atoms with E-state index in [1.807, 2.05) is 30.3 Å². The van der Waals surface area contributed by atoms with Crippen molar-refractivity contribution in [2.24, 2.45) is 11.5 Å². The van der Waals surface area contributed by atoms with Gasteiger partial charge < -0.3 is 16.2 Å². The van der Waals surface area contributed by atoms with Crippen molar-refractivity contribution in [2.75, 3.05) is 6.61 Å². The third kappa shape index (κ3) is 6.72. The van der Waals surface area contributed by atoms with E-state index in [-0.39, 0.29) is 25.1 Å². The molecule has 6 nitrogen and oxygen atoms in total. The van der Waals surface area contributed by atoms with Crippen molar-refractivity contribution in [3.05, 3.63) is 35.9 Å². The molecule has 1 aromatic carbocycles. The molecule has 0 aromatic heterocycles. The number of amides is 3. The lowest BCUT2D eigenvalue weighted by Crippen LogP contribution is -2.38. The topological polar surface area (TPSA) is 107 Å². The molecule has 0 aliphatic rings. The molecule has 0 unspecified atom stereocenters. The summed E-state index contributed by atoms with van der Waals surface area (Å²) in [6.45, 7) is 0.0218. The number of nitrogens with two attached hydrogens (primary N) is 2. The summed E-state index contributed by atoms with van der Waals surface area (Å²) in [4.78, 5) is 21.2. The first-order chi connectivity index (χ1) is 8.08. The fraction of sp³-hybridized carbons (Fsp3) is 0.273. The number of primary amides is 1. The Bertz CT molecular complexity index is 386. The number of alkyl carbamates (subject to hydrolysis) is 1. The highest BCUT2D eigenvalue weighted by molar-refractivity contribution is 5.89. The molecule has 7 heteroatoms. The Morgan fingerprint density at radius 1 is 1.28 bits per heavy atom. The number of urea groups is 1. The minimum absolute atomic E-state index is 0. The van der Waals surface area contributed by atoms with Crippen LogP contribution in [0.5, 0.6) is 0 Å². The monoisotopic (exact) mass is 273 g/mol. The van der Waals surface area contributed by atoms with Crippen molar-refractivity contribution in [3.63, 3.8) is 0 Å². The van der Waals surface area contributed by atoms with Crippen LogP contribution in [0.2, 0.25) is 0 Å². The highest BCUT2D eigenvalue weighted by atomic mass is 35.5. The number of imide groups is 1. The van der Waals surface area contributed by atoms with E-state index < -0.39 is 12.1 Å². The van der Waals surface area contributed by atoms with Gasteiger partial charge in [-0.05, 0) is 12.0 Å². The zero-order chi connectivity index (χ0) is 12.7. The molecule has 0 bridgehead atoms. The van der Waals surface area contributed by atoms with E-state index in [4.69, 9.17) is 16.2 Å². The summed E-state index contributed by atoms with van der Waals surface area (Å²) in [5.74, 6) is 0. The number of benzene rings is 1. The number of carbonyl (C=O) groups excluding carboxylic acids is 2. The second-order valence-corrected chi connectivity index (χ2v) is 3.54. The third-order valence-corrected chi connectivity index (χ3v) is 1.99. The van der Waals surface area contributed by atoms with Gasteiger partial charge in [0.05, 0.1) is 0 Å². The van der Waals surface area contributed by atoms with Crippen molar-refractivity contribution in [2.45, 2.75) is 12.5 Å². The normalized spacial score (nSPS) is 10.9. The van der Waals surface area contributed by atoms with Crippen LogP contribution in [0.3, 0.4) is 0 Å². The molecule has 5 N–H and O–H groups in total. The molecule has 0 heterocycles. The maximum Gasteiger partial charge on any atom is 0.415 e. The smallest absolute Gasteiger partial charge is 0.415 e. The SMILES string of the molecule is Cl.NC(=O)NC(=O)OC[C@H](N)Cc1ccccc1. The van der Waals surface area contributed by atoms with Gasteiger partial charge in [0, 0.05) is 6.04 Å². The largest absolute Gasteiger partial charge is 0.448 e. The van der Waals surface area contributed by atoms with Crippen LogP contribution in [-0.4, -0.2) is 24.8 Å². The zero-order valence-corrected chi connectivity index (χ0v) is 10.5. The van der Waals surface area contributed by atoms with Gasteiger partial charge in [-0.15, -0.1) is 12.4 Å². The first kappa shape index (κ1) is 16.2. The van der Waals surface area contributed by atoms with Crippen molar-refractivity contribution >= 4 is 24.5 Å². The molecule has 0 aliphatic heterocycles. The summed E-state index contributed by atoms with van der Waals surface area (Å²) in [7, 11) is 0. The Morgan fingerprint density at radius 3 is 2.44 bits per heavy atom. The molecular weight excluding hydrogens is 258 g/mol. The predicted molar refractivity (Wildman–Crippen MR) is 69.4 cm³/mol. The average molecular weight is 274 g/mol. The standard InChI is InChI=1S/C11H15N3O3.ClH/c12-9(6-8-4-2-1-3-5-8)7-17-11(16)14-10(13)15;/h1-5,9H,6-7,12H2,(H3,13,14,15,16);1H/t9-;/m1./s1. The van der Waals surface area contributed by atoms with E-state index in [1.54, 1.807) is 5.32 Å². The summed E-state index contributed by atoms with van der Waals surface area (Å²) in [6, 6.07) is 8.31. The number of ether oxygens (including phenoxy) is 1. The quantitative estimate of drug-likeness (QED) is 0.753. The van der Waals surface area contributed by atoms with Crippen LogP contribution >= 0.6 is 12.4 Å². The first-order valence-electron chi connectivity index (χ1n) is 5.10. The number of nitrogens with one attached hydrogen (secondary N) is 1. The molecule has 1 rings (SSSR count). The molecule has 0 spiro atoms. The molecular formula is C11H16ClN3O3. The molecule has 0 saturated carbocycles. The molecule has 18 heavy (non-hydrogen) atoms. The maximum absolute atomic E-state index is 10.9. The fourth-order valence-corrected chi connectivity index (χ4v) is 1.30. The zero-order valence-electron chi connectivity index (χ0n) is 9.67. The Labute approximate surface area is 111 Å². The Morgan fingerprint density at radius 2 is 1.89 bits per heavy atom. The number of hydrogen-bond acceptors (Lipinski definition) is 4. The summed E-state index contributed by atoms with van der Waals surface area (Å²) in [5.41, 5.74) is 11.6. The molecule has 1 aromatic rings. The second kappa shape index (κ2) is 8.32. The van der Waals surface area contributed by atoms with Crippen LogP contribution in [0.1, 0.15) is 5.56 Å². The Balaban J connectivity index is 0.00000289. The average Bonchev–Trinajstić information content (AvgIpc) is 2.27. The van der Waals surface area contributed by atoms with Crippen LogP contribution in [0.25, 0.3) is 0 Å². The van der Waals surface area contributed by atoms with Crippen LogP contribution in [-0.2, 0) is 11.2 Å². The number of rotatable bonds is 4. The minimum Gasteiger partial charge on any atom is -0.448 e. The highest BCUT2D eigenvalue weighted by Crippen LogP contribution is 2.01. The van der Waals surface area contributed by atoms with Crippen molar-refractivity contribution in [1.29, 1.82) is 0 Å². The van der Waals surface area contributed by atoms with Gasteiger partial charge in [-0.1, -0.05) is 30.3 Å². The second-order valence-electron chi connectivity index (χ2n) is 3.54. The lowest BCUT2D eigenvalue weighted by molar-refractivity contribution is 0.140. The van der Waals surface area contributed by atoms with Gasteiger partial charge in [-0.3, -0.25) is 0 Å². The van der Waals surface area contributed by atoms with Crippen LogP contribution < -0.4 is 16.8 Å². The van der Waals surface area contributed by atoms with Gasteiger partial charge in [0.25, 0.3) is 0 Å². The molecule has 3 amide bonds. The van der Waals surface area contributed by atoms with E-state index in [9.17, 15) is 9.59 Å². The van der Waals surface area contributed by atoms with E-state index in [1.165, 1.54) is 0 Å². The van der Waals surface area contributed by atoms with E-state index >= 15 is 0 Å². The predicted octanol–water partition coefficient (Wildman–Crippen LogP) is 0.783.